The summed E-state index contributed by atoms with van der Waals surface area (Å²) < 4.78 is 0. The summed E-state index contributed by atoms with van der Waals surface area (Å²) in [5, 5.41) is 4.98. The summed E-state index contributed by atoms with van der Waals surface area (Å²) in [6.07, 6.45) is 5.66. The maximum Gasteiger partial charge on any atom is 0.0702 e. The zero-order valence-electron chi connectivity index (χ0n) is 32.1. The van der Waals surface area contributed by atoms with Crippen molar-refractivity contribution in [2.45, 2.75) is 38.5 Å². The van der Waals surface area contributed by atoms with Crippen LogP contribution in [0, 0.1) is 0 Å². The average Bonchev–Trinajstić information content (AvgIpc) is 3.61. The number of rotatable bonds is 4. The Hall–Kier alpha value is -6.64. The van der Waals surface area contributed by atoms with Gasteiger partial charge in [0, 0.05) is 46.1 Å². The third-order valence-electron chi connectivity index (χ3n) is 12.8. The first-order valence-electron chi connectivity index (χ1n) is 19.6. The van der Waals surface area contributed by atoms with Gasteiger partial charge in [0.1, 0.15) is 0 Å². The van der Waals surface area contributed by atoms with Gasteiger partial charge >= 0.3 is 0 Å². The van der Waals surface area contributed by atoms with Crippen molar-refractivity contribution < 1.29 is 0 Å². The van der Waals surface area contributed by atoms with Crippen molar-refractivity contribution >= 4 is 21.5 Å². The van der Waals surface area contributed by atoms with E-state index in [2.05, 4.69) is 178 Å². The van der Waals surface area contributed by atoms with Gasteiger partial charge < -0.3 is 0 Å². The van der Waals surface area contributed by atoms with E-state index in [0.717, 1.165) is 22.4 Å². The number of hydrogen-bond donors (Lipinski definition) is 0. The van der Waals surface area contributed by atoms with E-state index in [0.29, 0.717) is 0 Å². The Balaban J connectivity index is 1.17. The van der Waals surface area contributed by atoms with E-state index in [1.165, 1.54) is 88.3 Å². The topological polar surface area (TPSA) is 25.8 Å². The third kappa shape index (κ3) is 4.69. The highest BCUT2D eigenvalue weighted by atomic mass is 14.7. The van der Waals surface area contributed by atoms with Crippen LogP contribution in [0.3, 0.4) is 0 Å². The van der Waals surface area contributed by atoms with Gasteiger partial charge in [0.2, 0.25) is 0 Å². The van der Waals surface area contributed by atoms with E-state index in [1.54, 1.807) is 6.20 Å². The minimum absolute atomic E-state index is 0.0942. The second-order valence-electron chi connectivity index (χ2n) is 16.6. The van der Waals surface area contributed by atoms with Crippen LogP contribution < -0.4 is 0 Å². The number of aromatic nitrogens is 2. The van der Waals surface area contributed by atoms with E-state index >= 15 is 0 Å². The molecule has 0 N–H and O–H groups in total. The molecule has 266 valence electrons. The highest BCUT2D eigenvalue weighted by Crippen LogP contribution is 2.53. The Morgan fingerprint density at radius 2 is 0.857 bits per heavy atom. The van der Waals surface area contributed by atoms with E-state index in [1.807, 2.05) is 18.5 Å². The average molecular weight is 717 g/mol. The second kappa shape index (κ2) is 11.9. The maximum atomic E-state index is 5.01. The van der Waals surface area contributed by atoms with Gasteiger partial charge in [-0.15, -0.1) is 0 Å². The van der Waals surface area contributed by atoms with Crippen LogP contribution in [0.1, 0.15) is 49.9 Å². The first-order valence-corrected chi connectivity index (χ1v) is 19.6. The Bertz CT molecular complexity index is 3060. The molecule has 0 amide bonds. The molecule has 2 aliphatic rings. The van der Waals surface area contributed by atoms with Crippen LogP contribution in [0.15, 0.2) is 170 Å². The van der Waals surface area contributed by atoms with Gasteiger partial charge in [-0.3, -0.25) is 9.97 Å². The molecule has 2 heterocycles. The van der Waals surface area contributed by atoms with Gasteiger partial charge in [-0.05, 0) is 119 Å². The smallest absolute Gasteiger partial charge is 0.0702 e. The number of hydrogen-bond acceptors (Lipinski definition) is 2. The number of pyridine rings is 2. The predicted molar refractivity (Wildman–Crippen MR) is 234 cm³/mol. The summed E-state index contributed by atoms with van der Waals surface area (Å²) in [5.41, 5.74) is 19.9. The molecule has 0 radical (unpaired) electrons. The fourth-order valence-electron chi connectivity index (χ4n) is 9.95. The largest absolute Gasteiger partial charge is 0.264 e. The van der Waals surface area contributed by atoms with Gasteiger partial charge in [-0.1, -0.05) is 149 Å². The van der Waals surface area contributed by atoms with Crippen LogP contribution in [-0.4, -0.2) is 9.97 Å². The zero-order valence-corrected chi connectivity index (χ0v) is 32.1. The number of fused-ring (bicyclic) bond motifs is 8. The lowest BCUT2D eigenvalue weighted by atomic mass is 9.79. The van der Waals surface area contributed by atoms with Crippen LogP contribution in [0.5, 0.6) is 0 Å². The van der Waals surface area contributed by atoms with Crippen molar-refractivity contribution in [3.8, 4) is 66.9 Å². The van der Waals surface area contributed by atoms with Crippen LogP contribution in [0.2, 0.25) is 0 Å². The van der Waals surface area contributed by atoms with Crippen molar-refractivity contribution in [2.24, 2.45) is 0 Å². The molecular weight excluding hydrogens is 677 g/mol. The highest BCUT2D eigenvalue weighted by Gasteiger charge is 2.37. The molecule has 2 aromatic heterocycles. The number of nitrogens with zero attached hydrogens (tertiary/aromatic N) is 2. The fourth-order valence-corrected chi connectivity index (χ4v) is 9.95. The molecular formula is C54H40N2. The molecule has 0 fully saturated rings. The van der Waals surface area contributed by atoms with Gasteiger partial charge in [0.25, 0.3) is 0 Å². The van der Waals surface area contributed by atoms with Crippen LogP contribution in [-0.2, 0) is 10.8 Å². The Labute approximate surface area is 328 Å². The summed E-state index contributed by atoms with van der Waals surface area (Å²) in [4.78, 5) is 9.34. The van der Waals surface area contributed by atoms with Gasteiger partial charge in [0.15, 0.2) is 0 Å². The minimum Gasteiger partial charge on any atom is -0.264 e. The summed E-state index contributed by atoms with van der Waals surface area (Å²) in [7, 11) is 0. The summed E-state index contributed by atoms with van der Waals surface area (Å²) in [5.74, 6) is 0. The standard InChI is InChI=1S/C54H40N2/c1-53(2)46-17-9-7-13-38(46)40-23-20-34(29-48(40)53)51-42-15-5-6-16-43(42)52(35-21-24-41-39-14-8-10-18-47(39)54(3,4)49(41)30-35)45-28-33(19-25-44(45)51)50-26-22-37(32-56-50)36-12-11-27-55-31-36/h5-32H,1-4H3. The highest BCUT2D eigenvalue weighted by molar-refractivity contribution is 6.22. The molecule has 2 aliphatic carbocycles. The van der Waals surface area contributed by atoms with Crippen LogP contribution >= 0.6 is 0 Å². The van der Waals surface area contributed by atoms with Gasteiger partial charge in [-0.2, -0.15) is 0 Å². The summed E-state index contributed by atoms with van der Waals surface area (Å²) in [6, 6.07) is 56.5. The van der Waals surface area contributed by atoms with Crippen LogP contribution in [0.25, 0.3) is 88.4 Å². The van der Waals surface area contributed by atoms with Gasteiger partial charge in [0.05, 0.1) is 5.69 Å². The van der Waals surface area contributed by atoms with Crippen molar-refractivity contribution in [3.63, 3.8) is 0 Å². The second-order valence-corrected chi connectivity index (χ2v) is 16.6. The predicted octanol–water partition coefficient (Wildman–Crippen LogP) is 14.1. The number of benzene rings is 7. The first-order chi connectivity index (χ1) is 27.3. The first kappa shape index (κ1) is 32.8. The van der Waals surface area contributed by atoms with E-state index < -0.39 is 0 Å². The molecule has 0 atom stereocenters. The zero-order chi connectivity index (χ0) is 37.8. The summed E-state index contributed by atoms with van der Waals surface area (Å²) in [6.45, 7) is 9.47. The molecule has 56 heavy (non-hydrogen) atoms. The Morgan fingerprint density at radius 1 is 0.357 bits per heavy atom. The fraction of sp³-hybridized carbons (Fsp3) is 0.111. The van der Waals surface area contributed by atoms with Crippen molar-refractivity contribution in [1.29, 1.82) is 0 Å². The summed E-state index contributed by atoms with van der Waals surface area (Å²) >= 11 is 0. The monoisotopic (exact) mass is 716 g/mol. The molecule has 7 aromatic carbocycles. The van der Waals surface area contributed by atoms with Crippen LogP contribution in [0.4, 0.5) is 0 Å². The Kier molecular flexibility index (Phi) is 6.98. The molecule has 0 saturated carbocycles. The Morgan fingerprint density at radius 3 is 1.43 bits per heavy atom. The van der Waals surface area contributed by atoms with Crippen molar-refractivity contribution in [3.05, 3.63) is 193 Å². The minimum atomic E-state index is -0.104. The van der Waals surface area contributed by atoms with E-state index in [9.17, 15) is 0 Å². The molecule has 11 rings (SSSR count). The molecule has 2 nitrogen and oxygen atoms in total. The lowest BCUT2D eigenvalue weighted by Crippen LogP contribution is -2.15. The molecule has 0 saturated heterocycles. The molecule has 0 spiro atoms. The molecule has 9 aromatic rings. The van der Waals surface area contributed by atoms with E-state index in [4.69, 9.17) is 4.98 Å². The maximum absolute atomic E-state index is 5.01. The normalized spacial score (nSPS) is 14.4. The molecule has 0 unspecified atom stereocenters. The third-order valence-corrected chi connectivity index (χ3v) is 12.8. The van der Waals surface area contributed by atoms with Crippen molar-refractivity contribution in [1.82, 2.24) is 9.97 Å². The molecule has 0 bridgehead atoms. The van der Waals surface area contributed by atoms with Crippen molar-refractivity contribution in [2.75, 3.05) is 0 Å². The molecule has 0 aliphatic heterocycles. The SMILES string of the molecule is CC1(C)c2ccccc2-c2ccc(-c3c4ccccc4c(-c4ccc5c(c4)C(C)(C)c4ccccc4-5)c4cc(-c5ccc(-c6cccnc6)cn5)ccc34)cc21. The van der Waals surface area contributed by atoms with Gasteiger partial charge in [-0.25, -0.2) is 0 Å². The molecule has 2 heteroatoms. The lowest BCUT2D eigenvalue weighted by molar-refractivity contribution is 0.660. The van der Waals surface area contributed by atoms with E-state index in [-0.39, 0.29) is 10.8 Å². The quantitative estimate of drug-likeness (QED) is 0.170. The lowest BCUT2D eigenvalue weighted by Gasteiger charge is -2.24.